The number of rotatable bonds is 6. The van der Waals surface area contributed by atoms with E-state index in [0.29, 0.717) is 24.8 Å². The van der Waals surface area contributed by atoms with Crippen LogP contribution in [0.3, 0.4) is 0 Å². The number of nitrogens with two attached hydrogens (primary N) is 1. The third-order valence-electron chi connectivity index (χ3n) is 5.28. The lowest BCUT2D eigenvalue weighted by Gasteiger charge is -2.32. The van der Waals surface area contributed by atoms with Gasteiger partial charge >= 0.3 is 5.97 Å². The van der Waals surface area contributed by atoms with Gasteiger partial charge < -0.3 is 10.5 Å². The van der Waals surface area contributed by atoms with E-state index in [-0.39, 0.29) is 17.5 Å². The first-order valence-corrected chi connectivity index (χ1v) is 8.63. The molecule has 1 aliphatic carbocycles. The normalized spacial score (nSPS) is 28.2. The second-order valence-corrected chi connectivity index (χ2v) is 8.06. The maximum atomic E-state index is 12.1. The first-order chi connectivity index (χ1) is 9.74. The van der Waals surface area contributed by atoms with Crippen molar-refractivity contribution in [2.75, 3.05) is 6.54 Å². The van der Waals surface area contributed by atoms with E-state index in [0.717, 1.165) is 31.6 Å². The van der Waals surface area contributed by atoms with Crippen LogP contribution in [0.4, 0.5) is 0 Å². The van der Waals surface area contributed by atoms with Gasteiger partial charge in [-0.05, 0) is 61.8 Å². The molecule has 0 bridgehead atoms. The van der Waals surface area contributed by atoms with Crippen LogP contribution in [0.25, 0.3) is 0 Å². The lowest BCUT2D eigenvalue weighted by Crippen LogP contribution is -2.29. The largest absolute Gasteiger partial charge is 0.462 e. The molecule has 4 unspecified atom stereocenters. The van der Waals surface area contributed by atoms with E-state index in [9.17, 15) is 4.79 Å². The van der Waals surface area contributed by atoms with Gasteiger partial charge in [0.1, 0.15) is 6.10 Å². The Kier molecular flexibility index (Phi) is 7.19. The van der Waals surface area contributed by atoms with Crippen LogP contribution in [-0.4, -0.2) is 18.6 Å². The quantitative estimate of drug-likeness (QED) is 0.749. The minimum absolute atomic E-state index is 0.0203. The molecule has 0 aromatic rings. The summed E-state index contributed by atoms with van der Waals surface area (Å²) < 4.78 is 5.68. The van der Waals surface area contributed by atoms with Crippen molar-refractivity contribution in [2.24, 2.45) is 28.9 Å². The molecular weight excluding hydrogens is 262 g/mol. The van der Waals surface area contributed by atoms with Crippen LogP contribution in [0.5, 0.6) is 0 Å². The zero-order valence-electron chi connectivity index (χ0n) is 14.7. The molecule has 0 aromatic carbocycles. The van der Waals surface area contributed by atoms with Crippen LogP contribution in [0, 0.1) is 23.2 Å². The Morgan fingerprint density at radius 2 is 1.86 bits per heavy atom. The number of esters is 1. The van der Waals surface area contributed by atoms with Crippen LogP contribution in [0.2, 0.25) is 0 Å². The first-order valence-electron chi connectivity index (χ1n) is 8.63. The first kappa shape index (κ1) is 18.5. The predicted octanol–water partition coefficient (Wildman–Crippen LogP) is 4.15. The molecular formula is C18H35NO2. The number of carbonyl (C=O) groups is 1. The molecule has 3 heteroatoms. The fourth-order valence-electron chi connectivity index (χ4n) is 3.35. The van der Waals surface area contributed by atoms with Gasteiger partial charge in [-0.25, -0.2) is 0 Å². The Hall–Kier alpha value is -0.570. The van der Waals surface area contributed by atoms with Gasteiger partial charge in [-0.3, -0.25) is 4.79 Å². The summed E-state index contributed by atoms with van der Waals surface area (Å²) >= 11 is 0. The zero-order valence-corrected chi connectivity index (χ0v) is 14.7. The third-order valence-corrected chi connectivity index (χ3v) is 5.28. The minimum Gasteiger partial charge on any atom is -0.462 e. The van der Waals surface area contributed by atoms with Crippen molar-refractivity contribution in [3.8, 4) is 0 Å². The van der Waals surface area contributed by atoms with E-state index in [2.05, 4.69) is 34.6 Å². The molecule has 0 heterocycles. The van der Waals surface area contributed by atoms with Gasteiger partial charge in [-0.2, -0.15) is 0 Å². The molecule has 0 radical (unpaired) electrons. The highest BCUT2D eigenvalue weighted by Crippen LogP contribution is 2.33. The number of hydrogen-bond donors (Lipinski definition) is 1. The Labute approximate surface area is 131 Å². The summed E-state index contributed by atoms with van der Waals surface area (Å²) in [6.45, 7) is 11.9. The molecule has 2 N–H and O–H groups in total. The van der Waals surface area contributed by atoms with E-state index in [4.69, 9.17) is 10.5 Å². The van der Waals surface area contributed by atoms with Gasteiger partial charge in [0.2, 0.25) is 0 Å². The van der Waals surface area contributed by atoms with Crippen molar-refractivity contribution in [3.05, 3.63) is 0 Å². The molecule has 1 aliphatic rings. The van der Waals surface area contributed by atoms with Crippen LogP contribution in [0.15, 0.2) is 0 Å². The average molecular weight is 297 g/mol. The highest BCUT2D eigenvalue weighted by Gasteiger charge is 2.28. The summed E-state index contributed by atoms with van der Waals surface area (Å²) in [6, 6.07) is 0. The van der Waals surface area contributed by atoms with Gasteiger partial charge in [0.25, 0.3) is 0 Å². The molecule has 21 heavy (non-hydrogen) atoms. The highest BCUT2D eigenvalue weighted by molar-refractivity contribution is 5.69. The molecule has 1 rings (SSSR count). The maximum Gasteiger partial charge on any atom is 0.306 e. The van der Waals surface area contributed by atoms with Crippen molar-refractivity contribution in [1.29, 1.82) is 0 Å². The van der Waals surface area contributed by atoms with Crippen molar-refractivity contribution in [3.63, 3.8) is 0 Å². The summed E-state index contributed by atoms with van der Waals surface area (Å²) in [5, 5.41) is 0. The second-order valence-electron chi connectivity index (χ2n) is 8.06. The van der Waals surface area contributed by atoms with E-state index in [1.54, 1.807) is 0 Å². The van der Waals surface area contributed by atoms with Crippen LogP contribution < -0.4 is 5.73 Å². The van der Waals surface area contributed by atoms with Gasteiger partial charge in [0, 0.05) is 6.42 Å². The van der Waals surface area contributed by atoms with Crippen molar-refractivity contribution in [2.45, 2.75) is 79.2 Å². The summed E-state index contributed by atoms with van der Waals surface area (Å²) in [6.07, 6.45) is 5.78. The standard InChI is InChI=1S/C18H35NO2/c1-13-6-8-16(12-14(13)2)21-17(20)9-7-15(10-11-19)18(3,4)5/h13-16H,6-12,19H2,1-5H3. The van der Waals surface area contributed by atoms with Crippen LogP contribution in [-0.2, 0) is 9.53 Å². The smallest absolute Gasteiger partial charge is 0.306 e. The average Bonchev–Trinajstić information content (AvgIpc) is 2.37. The van der Waals surface area contributed by atoms with E-state index in [1.807, 2.05) is 0 Å². The lowest BCUT2D eigenvalue weighted by molar-refractivity contribution is -0.152. The van der Waals surface area contributed by atoms with Gasteiger partial charge in [-0.1, -0.05) is 34.6 Å². The molecule has 124 valence electrons. The predicted molar refractivity (Wildman–Crippen MR) is 87.9 cm³/mol. The molecule has 4 atom stereocenters. The molecule has 0 aromatic heterocycles. The zero-order chi connectivity index (χ0) is 16.0. The molecule has 0 spiro atoms. The number of carbonyl (C=O) groups excluding carboxylic acids is 1. The number of ether oxygens (including phenoxy) is 1. The molecule has 1 saturated carbocycles. The highest BCUT2D eigenvalue weighted by atomic mass is 16.5. The maximum absolute atomic E-state index is 12.1. The van der Waals surface area contributed by atoms with Crippen LogP contribution >= 0.6 is 0 Å². The molecule has 0 amide bonds. The summed E-state index contributed by atoms with van der Waals surface area (Å²) in [5.41, 5.74) is 5.90. The Morgan fingerprint density at radius 3 is 2.38 bits per heavy atom. The van der Waals surface area contributed by atoms with E-state index < -0.39 is 0 Å². The SMILES string of the molecule is CC1CCC(OC(=O)CCC(CCN)C(C)(C)C)CC1C. The summed E-state index contributed by atoms with van der Waals surface area (Å²) in [5.74, 6) is 1.89. The summed E-state index contributed by atoms with van der Waals surface area (Å²) in [7, 11) is 0. The molecule has 1 fully saturated rings. The van der Waals surface area contributed by atoms with Gasteiger partial charge in [0.15, 0.2) is 0 Å². The Bertz CT molecular complexity index is 322. The monoisotopic (exact) mass is 297 g/mol. The third kappa shape index (κ3) is 6.37. The Balaban J connectivity index is 2.36. The van der Waals surface area contributed by atoms with Crippen molar-refractivity contribution >= 4 is 5.97 Å². The fraction of sp³-hybridized carbons (Fsp3) is 0.944. The minimum atomic E-state index is -0.0203. The van der Waals surface area contributed by atoms with Gasteiger partial charge in [-0.15, -0.1) is 0 Å². The van der Waals surface area contributed by atoms with Gasteiger partial charge in [0.05, 0.1) is 0 Å². The van der Waals surface area contributed by atoms with Crippen molar-refractivity contribution in [1.82, 2.24) is 0 Å². The second kappa shape index (κ2) is 8.17. The topological polar surface area (TPSA) is 52.3 Å². The van der Waals surface area contributed by atoms with Crippen molar-refractivity contribution < 1.29 is 9.53 Å². The van der Waals surface area contributed by atoms with E-state index >= 15 is 0 Å². The fourth-order valence-corrected chi connectivity index (χ4v) is 3.35. The summed E-state index contributed by atoms with van der Waals surface area (Å²) in [4.78, 5) is 12.1. The number of hydrogen-bond acceptors (Lipinski definition) is 3. The molecule has 0 saturated heterocycles. The lowest BCUT2D eigenvalue weighted by atomic mass is 9.76. The molecule has 3 nitrogen and oxygen atoms in total. The molecule has 0 aliphatic heterocycles. The van der Waals surface area contributed by atoms with E-state index in [1.165, 1.54) is 6.42 Å². The van der Waals surface area contributed by atoms with Crippen LogP contribution in [0.1, 0.15) is 73.1 Å². The Morgan fingerprint density at radius 1 is 1.19 bits per heavy atom.